The van der Waals surface area contributed by atoms with Crippen molar-refractivity contribution in [2.24, 2.45) is 63.7 Å². The van der Waals surface area contributed by atoms with Crippen LogP contribution in [0.1, 0.15) is 91.9 Å². The third-order valence-electron chi connectivity index (χ3n) is 10.9. The van der Waals surface area contributed by atoms with Crippen molar-refractivity contribution in [1.82, 2.24) is 0 Å². The molecule has 4 saturated carbocycles. The lowest BCUT2D eigenvalue weighted by Gasteiger charge is -2.46. The molecule has 168 valence electrons. The molecule has 0 saturated heterocycles. The molecule has 0 heterocycles. The van der Waals surface area contributed by atoms with Gasteiger partial charge in [-0.05, 0) is 104 Å². The van der Waals surface area contributed by atoms with Gasteiger partial charge in [0.1, 0.15) is 0 Å². The highest BCUT2D eigenvalue weighted by molar-refractivity contribution is 5.06. The zero-order chi connectivity index (χ0) is 21.0. The minimum absolute atomic E-state index is 0.164. The molecule has 0 amide bonds. The fourth-order valence-electron chi connectivity index (χ4n) is 9.17. The van der Waals surface area contributed by atoms with Crippen molar-refractivity contribution in [3.05, 3.63) is 0 Å². The predicted molar refractivity (Wildman–Crippen MR) is 121 cm³/mol. The number of rotatable bonds is 9. The molecule has 0 aromatic heterocycles. The molecular formula is C26H48N2O. The van der Waals surface area contributed by atoms with Crippen molar-refractivity contribution in [1.29, 1.82) is 0 Å². The Morgan fingerprint density at radius 1 is 0.897 bits per heavy atom. The van der Waals surface area contributed by atoms with Gasteiger partial charge in [-0.15, -0.1) is 0 Å². The minimum Gasteiger partial charge on any atom is -0.390 e. The summed E-state index contributed by atoms with van der Waals surface area (Å²) in [5, 5.41) is 10.5. The Hall–Kier alpha value is -0.120. The van der Waals surface area contributed by atoms with E-state index in [-0.39, 0.29) is 12.6 Å². The normalized spacial score (nSPS) is 42.3. The average Bonchev–Trinajstić information content (AvgIpc) is 3.42. The van der Waals surface area contributed by atoms with Crippen molar-refractivity contribution in [3.63, 3.8) is 0 Å². The van der Waals surface area contributed by atoms with Crippen LogP contribution in [0.2, 0.25) is 0 Å². The van der Waals surface area contributed by atoms with Gasteiger partial charge in [-0.25, -0.2) is 0 Å². The van der Waals surface area contributed by atoms with Crippen molar-refractivity contribution in [2.75, 3.05) is 6.54 Å². The van der Waals surface area contributed by atoms with Gasteiger partial charge in [-0.3, -0.25) is 0 Å². The van der Waals surface area contributed by atoms with Crippen molar-refractivity contribution in [2.45, 2.75) is 104 Å². The molecule has 4 aliphatic carbocycles. The summed E-state index contributed by atoms with van der Waals surface area (Å²) in [4.78, 5) is 0. The number of aliphatic hydroxyl groups is 1. The number of nitrogens with two attached hydrogens (primary N) is 2. The lowest BCUT2D eigenvalue weighted by atomic mass is 9.61. The summed E-state index contributed by atoms with van der Waals surface area (Å²) < 4.78 is 0. The van der Waals surface area contributed by atoms with Gasteiger partial charge < -0.3 is 16.6 Å². The van der Waals surface area contributed by atoms with E-state index in [0.29, 0.717) is 22.7 Å². The molecule has 9 unspecified atom stereocenters. The van der Waals surface area contributed by atoms with E-state index in [0.717, 1.165) is 29.6 Å². The number of unbranched alkanes of at least 4 members (excludes halogenated alkanes) is 1. The molecule has 0 aromatic carbocycles. The van der Waals surface area contributed by atoms with E-state index in [1.807, 2.05) is 0 Å². The molecular weight excluding hydrogens is 356 g/mol. The molecule has 0 aromatic rings. The molecule has 4 aliphatic rings. The van der Waals surface area contributed by atoms with E-state index in [1.54, 1.807) is 0 Å². The summed E-state index contributed by atoms with van der Waals surface area (Å²) in [5.41, 5.74) is 13.4. The van der Waals surface area contributed by atoms with Crippen LogP contribution in [0.3, 0.4) is 0 Å². The van der Waals surface area contributed by atoms with Gasteiger partial charge in [0.2, 0.25) is 0 Å². The summed E-state index contributed by atoms with van der Waals surface area (Å²) in [7, 11) is 0. The lowest BCUT2D eigenvalue weighted by molar-refractivity contribution is 0.0187. The number of fused-ring (bicyclic) bond motifs is 4. The maximum absolute atomic E-state index is 10.5. The molecule has 0 spiro atoms. The van der Waals surface area contributed by atoms with E-state index < -0.39 is 6.10 Å². The molecule has 4 bridgehead atoms. The first-order valence-corrected chi connectivity index (χ1v) is 12.8. The van der Waals surface area contributed by atoms with Gasteiger partial charge in [-0.2, -0.15) is 0 Å². The largest absolute Gasteiger partial charge is 0.390 e. The highest BCUT2D eigenvalue weighted by Crippen LogP contribution is 2.63. The van der Waals surface area contributed by atoms with Gasteiger partial charge in [-0.1, -0.05) is 40.5 Å². The van der Waals surface area contributed by atoms with Crippen molar-refractivity contribution in [3.8, 4) is 0 Å². The van der Waals surface area contributed by atoms with E-state index in [4.69, 9.17) is 11.5 Å². The highest BCUT2D eigenvalue weighted by Gasteiger charge is 2.56. The smallest absolute Gasteiger partial charge is 0.0815 e. The van der Waals surface area contributed by atoms with Crippen LogP contribution in [-0.2, 0) is 0 Å². The Morgan fingerprint density at radius 3 is 2.07 bits per heavy atom. The molecule has 29 heavy (non-hydrogen) atoms. The maximum atomic E-state index is 10.5. The van der Waals surface area contributed by atoms with Crippen LogP contribution in [0, 0.1) is 52.3 Å². The quantitative estimate of drug-likeness (QED) is 0.476. The summed E-state index contributed by atoms with van der Waals surface area (Å²) in [6.07, 6.45) is 13.2. The molecule has 3 heteroatoms. The second kappa shape index (κ2) is 8.10. The third-order valence-corrected chi connectivity index (χ3v) is 10.9. The first kappa shape index (κ1) is 22.1. The van der Waals surface area contributed by atoms with Gasteiger partial charge in [0.25, 0.3) is 0 Å². The van der Waals surface area contributed by atoms with E-state index in [1.165, 1.54) is 64.2 Å². The Kier molecular flexibility index (Phi) is 6.17. The molecule has 3 nitrogen and oxygen atoms in total. The number of aliphatic hydroxyl groups excluding tert-OH is 1. The molecule has 0 radical (unpaired) electrons. The third kappa shape index (κ3) is 3.72. The van der Waals surface area contributed by atoms with Crippen LogP contribution in [-0.4, -0.2) is 23.8 Å². The Bertz CT molecular complexity index is 573. The highest BCUT2D eigenvalue weighted by atomic mass is 16.3. The van der Waals surface area contributed by atoms with Crippen LogP contribution >= 0.6 is 0 Å². The lowest BCUT2D eigenvalue weighted by Crippen LogP contribution is -2.51. The van der Waals surface area contributed by atoms with E-state index in [9.17, 15) is 5.11 Å². The van der Waals surface area contributed by atoms with Crippen LogP contribution in [0.15, 0.2) is 0 Å². The first-order chi connectivity index (χ1) is 13.7. The van der Waals surface area contributed by atoms with Crippen molar-refractivity contribution < 1.29 is 5.11 Å². The minimum atomic E-state index is -0.556. The van der Waals surface area contributed by atoms with Crippen LogP contribution in [0.5, 0.6) is 0 Å². The molecule has 4 fully saturated rings. The molecule has 0 aliphatic heterocycles. The first-order valence-electron chi connectivity index (χ1n) is 12.8. The zero-order valence-corrected chi connectivity index (χ0v) is 19.6. The van der Waals surface area contributed by atoms with Crippen molar-refractivity contribution >= 4 is 0 Å². The van der Waals surface area contributed by atoms with Gasteiger partial charge in [0, 0.05) is 12.6 Å². The SMILES string of the molecule is CC1(C)C2CCC(C2)C1CCCCC(C(N)C(O)CN)C1C2CCC(C2)C1(C)C. The average molecular weight is 405 g/mol. The summed E-state index contributed by atoms with van der Waals surface area (Å²) >= 11 is 0. The maximum Gasteiger partial charge on any atom is 0.0815 e. The molecule has 9 atom stereocenters. The van der Waals surface area contributed by atoms with E-state index >= 15 is 0 Å². The number of hydrogen-bond donors (Lipinski definition) is 3. The Balaban J connectivity index is 1.38. The van der Waals surface area contributed by atoms with Gasteiger partial charge in [0.05, 0.1) is 6.10 Å². The van der Waals surface area contributed by atoms with Crippen LogP contribution in [0.4, 0.5) is 0 Å². The summed E-state index contributed by atoms with van der Waals surface area (Å²) in [6, 6.07) is -0.164. The van der Waals surface area contributed by atoms with Gasteiger partial charge >= 0.3 is 0 Å². The fraction of sp³-hybridized carbons (Fsp3) is 1.00. The fourth-order valence-corrected chi connectivity index (χ4v) is 9.17. The number of hydrogen-bond acceptors (Lipinski definition) is 3. The molecule has 5 N–H and O–H groups in total. The second-order valence-electron chi connectivity index (χ2n) is 12.6. The van der Waals surface area contributed by atoms with Crippen LogP contribution in [0.25, 0.3) is 0 Å². The van der Waals surface area contributed by atoms with E-state index in [2.05, 4.69) is 27.7 Å². The monoisotopic (exact) mass is 404 g/mol. The van der Waals surface area contributed by atoms with Gasteiger partial charge in [0.15, 0.2) is 0 Å². The summed E-state index contributed by atoms with van der Waals surface area (Å²) in [5.74, 6) is 5.67. The zero-order valence-electron chi connectivity index (χ0n) is 19.6. The Labute approximate surface area is 179 Å². The molecule has 4 rings (SSSR count). The second-order valence-corrected chi connectivity index (χ2v) is 12.6. The predicted octanol–water partition coefficient (Wildman–Crippen LogP) is 4.95. The standard InChI is InChI=1S/C26H48N2O/c1-25(2)18-11-9-16(13-18)21(25)8-6-5-7-20(24(28)22(29)15-27)23-17-10-12-19(14-17)26(23,3)4/h16-24,29H,5-15,27-28H2,1-4H3. The van der Waals surface area contributed by atoms with Crippen LogP contribution < -0.4 is 11.5 Å². The summed E-state index contributed by atoms with van der Waals surface area (Å²) in [6.45, 7) is 10.3. The topological polar surface area (TPSA) is 72.3 Å². The Morgan fingerprint density at radius 2 is 1.52 bits per heavy atom.